The Balaban J connectivity index is 0.00000289. The summed E-state index contributed by atoms with van der Waals surface area (Å²) in [4.78, 5) is 7.01. The monoisotopic (exact) mass is 500 g/mol. The fourth-order valence-electron chi connectivity index (χ4n) is 4.80. The van der Waals surface area contributed by atoms with Crippen LogP contribution in [0.4, 0.5) is 4.39 Å². The number of nitrogens with zero attached hydrogens (tertiary/aromatic N) is 3. The number of phenolic OH excluding ortho intramolecular Hbond substituents is 1. The van der Waals surface area contributed by atoms with Crippen molar-refractivity contribution in [2.75, 3.05) is 33.9 Å². The van der Waals surface area contributed by atoms with Gasteiger partial charge in [-0.3, -0.25) is 5.10 Å². The number of nitrogens with one attached hydrogen (secondary N) is 1. The van der Waals surface area contributed by atoms with Crippen molar-refractivity contribution in [2.45, 2.75) is 26.7 Å². The number of rotatable bonds is 5. The number of piperidine rings is 1. The molecule has 2 aromatic carbocycles. The minimum atomic E-state index is -0.398. The largest absolute Gasteiger partial charge is 0.508 e. The summed E-state index contributed by atoms with van der Waals surface area (Å²) in [6.45, 7) is 6.10. The smallest absolute Gasteiger partial charge is 0.169 e. The number of pyridine rings is 1. The summed E-state index contributed by atoms with van der Waals surface area (Å²) < 4.78 is 28.2. The number of aromatic nitrogens is 3. The number of hydrogen-bond donors (Lipinski definition) is 2. The molecule has 4 aromatic rings. The van der Waals surface area contributed by atoms with E-state index in [1.54, 1.807) is 45.4 Å². The summed E-state index contributed by atoms with van der Waals surface area (Å²) in [6.07, 6.45) is 3.73. The first-order valence-corrected chi connectivity index (χ1v) is 11.5. The predicted molar refractivity (Wildman–Crippen MR) is 137 cm³/mol. The second kappa shape index (κ2) is 9.87. The molecule has 1 fully saturated rings. The number of benzene rings is 2. The standard InChI is InChI=1S/C26H29FN4O3.ClH/c1-14-11-17(5-6-19(14)32)23-21-20(18-12-28-30-26(18)29-23)25(33-4)24(15(2)22(21)27)34-13-16-7-9-31(3)10-8-16;/h5-6,11-12,16,32H,7-10,13H2,1-4H3,(H,28,29,30);1H. The first-order valence-electron chi connectivity index (χ1n) is 11.5. The van der Waals surface area contributed by atoms with Crippen LogP contribution >= 0.6 is 12.4 Å². The fourth-order valence-corrected chi connectivity index (χ4v) is 4.80. The molecule has 35 heavy (non-hydrogen) atoms. The van der Waals surface area contributed by atoms with Gasteiger partial charge >= 0.3 is 0 Å². The van der Waals surface area contributed by atoms with Crippen molar-refractivity contribution < 1.29 is 19.0 Å². The summed E-state index contributed by atoms with van der Waals surface area (Å²) in [7, 11) is 3.70. The number of H-pyrrole nitrogens is 1. The maximum atomic E-state index is 16.1. The summed E-state index contributed by atoms with van der Waals surface area (Å²) >= 11 is 0. The van der Waals surface area contributed by atoms with E-state index in [1.165, 1.54) is 0 Å². The summed E-state index contributed by atoms with van der Waals surface area (Å²) in [5.74, 6) is 1.10. The van der Waals surface area contributed by atoms with E-state index < -0.39 is 5.82 Å². The van der Waals surface area contributed by atoms with Gasteiger partial charge in [-0.2, -0.15) is 5.10 Å². The zero-order valence-corrected chi connectivity index (χ0v) is 21.1. The van der Waals surface area contributed by atoms with E-state index >= 15 is 4.39 Å². The number of likely N-dealkylation sites (tertiary alicyclic amines) is 1. The molecular formula is C26H30ClFN4O3. The molecule has 0 atom stereocenters. The van der Waals surface area contributed by atoms with Crippen LogP contribution in [0, 0.1) is 25.6 Å². The molecule has 0 unspecified atom stereocenters. The molecule has 186 valence electrons. The van der Waals surface area contributed by atoms with Crippen LogP contribution in [0.3, 0.4) is 0 Å². The summed E-state index contributed by atoms with van der Waals surface area (Å²) in [5, 5.41) is 18.6. The number of phenols is 1. The van der Waals surface area contributed by atoms with Crippen molar-refractivity contribution in [2.24, 2.45) is 5.92 Å². The molecule has 2 N–H and O–H groups in total. The molecule has 1 aliphatic heterocycles. The highest BCUT2D eigenvalue weighted by atomic mass is 35.5. The first-order chi connectivity index (χ1) is 16.4. The molecule has 2 aromatic heterocycles. The fraction of sp³-hybridized carbons (Fsp3) is 0.385. The van der Waals surface area contributed by atoms with E-state index in [0.717, 1.165) is 25.9 Å². The van der Waals surface area contributed by atoms with Gasteiger partial charge in [-0.25, -0.2) is 9.37 Å². The van der Waals surface area contributed by atoms with Crippen molar-refractivity contribution in [1.82, 2.24) is 20.1 Å². The lowest BCUT2D eigenvalue weighted by Crippen LogP contribution is -2.32. The number of ether oxygens (including phenoxy) is 2. The number of methoxy groups -OCH3 is 1. The van der Waals surface area contributed by atoms with Crippen molar-refractivity contribution >= 4 is 34.2 Å². The number of fused-ring (bicyclic) bond motifs is 3. The number of halogens is 2. The van der Waals surface area contributed by atoms with Gasteiger partial charge in [0, 0.05) is 21.9 Å². The molecule has 0 radical (unpaired) electrons. The lowest BCUT2D eigenvalue weighted by molar-refractivity contribution is 0.157. The average molecular weight is 501 g/mol. The Morgan fingerprint density at radius 1 is 1.17 bits per heavy atom. The second-order valence-corrected chi connectivity index (χ2v) is 9.20. The second-order valence-electron chi connectivity index (χ2n) is 9.20. The molecule has 0 bridgehead atoms. The third-order valence-corrected chi connectivity index (χ3v) is 6.90. The third kappa shape index (κ3) is 4.36. The third-order valence-electron chi connectivity index (χ3n) is 6.90. The minimum Gasteiger partial charge on any atom is -0.508 e. The number of aryl methyl sites for hydroxylation is 1. The molecule has 0 saturated carbocycles. The van der Waals surface area contributed by atoms with Gasteiger partial charge in [0.15, 0.2) is 17.1 Å². The first kappa shape index (κ1) is 25.0. The quantitative estimate of drug-likeness (QED) is 0.382. The van der Waals surface area contributed by atoms with E-state index in [-0.39, 0.29) is 18.2 Å². The van der Waals surface area contributed by atoms with Crippen LogP contribution < -0.4 is 9.47 Å². The molecule has 1 aliphatic rings. The van der Waals surface area contributed by atoms with Gasteiger partial charge in [0.05, 0.1) is 31.0 Å². The Morgan fingerprint density at radius 3 is 2.60 bits per heavy atom. The molecule has 5 rings (SSSR count). The maximum absolute atomic E-state index is 16.1. The molecule has 9 heteroatoms. The predicted octanol–water partition coefficient (Wildman–Crippen LogP) is 5.39. The van der Waals surface area contributed by atoms with Gasteiger partial charge in [-0.15, -0.1) is 12.4 Å². The van der Waals surface area contributed by atoms with E-state index in [4.69, 9.17) is 14.5 Å². The lowest BCUT2D eigenvalue weighted by Gasteiger charge is -2.29. The molecule has 7 nitrogen and oxygen atoms in total. The molecule has 1 saturated heterocycles. The van der Waals surface area contributed by atoms with Gasteiger partial charge in [-0.1, -0.05) is 0 Å². The van der Waals surface area contributed by atoms with Gasteiger partial charge in [0.25, 0.3) is 0 Å². The topological polar surface area (TPSA) is 83.5 Å². The Bertz CT molecular complexity index is 1380. The average Bonchev–Trinajstić information content (AvgIpc) is 3.31. The zero-order valence-electron chi connectivity index (χ0n) is 20.3. The van der Waals surface area contributed by atoms with Crippen molar-refractivity contribution in [1.29, 1.82) is 0 Å². The Hall–Kier alpha value is -3.10. The van der Waals surface area contributed by atoms with Crippen LogP contribution in [0.25, 0.3) is 33.1 Å². The van der Waals surface area contributed by atoms with Crippen LogP contribution in [0.2, 0.25) is 0 Å². The van der Waals surface area contributed by atoms with E-state index in [9.17, 15) is 5.11 Å². The number of hydrogen-bond acceptors (Lipinski definition) is 6. The van der Waals surface area contributed by atoms with Crippen LogP contribution in [-0.2, 0) is 0 Å². The summed E-state index contributed by atoms with van der Waals surface area (Å²) in [5.41, 5.74) is 2.74. The summed E-state index contributed by atoms with van der Waals surface area (Å²) in [6, 6.07) is 5.12. The van der Waals surface area contributed by atoms with Gasteiger partial charge in [0.1, 0.15) is 11.6 Å². The van der Waals surface area contributed by atoms with Gasteiger partial charge in [-0.05, 0) is 76.5 Å². The number of aromatic hydroxyl groups is 1. The Morgan fingerprint density at radius 2 is 1.91 bits per heavy atom. The van der Waals surface area contributed by atoms with Gasteiger partial charge in [0.2, 0.25) is 0 Å². The highest BCUT2D eigenvalue weighted by Crippen LogP contribution is 2.46. The van der Waals surface area contributed by atoms with Crippen LogP contribution in [-0.4, -0.2) is 59.0 Å². The van der Waals surface area contributed by atoms with Crippen LogP contribution in [0.5, 0.6) is 17.2 Å². The van der Waals surface area contributed by atoms with E-state index in [1.807, 2.05) is 0 Å². The molecule has 0 spiro atoms. The minimum absolute atomic E-state index is 0. The van der Waals surface area contributed by atoms with Gasteiger partial charge < -0.3 is 19.5 Å². The van der Waals surface area contributed by atoms with Crippen molar-refractivity contribution in [3.63, 3.8) is 0 Å². The normalized spacial score (nSPS) is 14.9. The zero-order chi connectivity index (χ0) is 24.0. The lowest BCUT2D eigenvalue weighted by atomic mass is 9.96. The van der Waals surface area contributed by atoms with Crippen molar-refractivity contribution in [3.8, 4) is 28.5 Å². The molecule has 3 heterocycles. The molecule has 0 aliphatic carbocycles. The Labute approximate surface area is 209 Å². The van der Waals surface area contributed by atoms with Crippen molar-refractivity contribution in [3.05, 3.63) is 41.3 Å². The molecular weight excluding hydrogens is 471 g/mol. The van der Waals surface area contributed by atoms with Crippen LogP contribution in [0.15, 0.2) is 24.4 Å². The van der Waals surface area contributed by atoms with E-state index in [2.05, 4.69) is 22.1 Å². The SMILES string of the molecule is COc1c(OCC2CCN(C)CC2)c(C)c(F)c2c(-c3ccc(O)c(C)c3)nc3[nH]ncc3c12.Cl. The number of aromatic amines is 1. The van der Waals surface area contributed by atoms with Crippen LogP contribution in [0.1, 0.15) is 24.0 Å². The highest BCUT2D eigenvalue weighted by Gasteiger charge is 2.27. The molecule has 0 amide bonds. The van der Waals surface area contributed by atoms with E-state index in [0.29, 0.717) is 68.2 Å². The maximum Gasteiger partial charge on any atom is 0.169 e. The highest BCUT2D eigenvalue weighted by molar-refractivity contribution is 6.14. The Kier molecular flexibility index (Phi) is 7.05.